The number of aliphatic imine (C=N–C) groups is 2. The predicted molar refractivity (Wildman–Crippen MR) is 157 cm³/mol. The minimum Gasteiger partial charge on any atom is -0.504 e. The Bertz CT molecular complexity index is 1460. The molecule has 194 valence electrons. The van der Waals surface area contributed by atoms with Crippen molar-refractivity contribution in [3.8, 4) is 23.0 Å². The fourth-order valence-electron chi connectivity index (χ4n) is 3.75. The van der Waals surface area contributed by atoms with Crippen LogP contribution in [0.5, 0.6) is 23.0 Å². The highest BCUT2D eigenvalue weighted by atomic mass is 32.1. The molecule has 0 unspecified atom stereocenters. The lowest BCUT2D eigenvalue weighted by Gasteiger charge is -2.09. The molecule has 2 N–H and O–H groups in total. The molecule has 0 aliphatic rings. The van der Waals surface area contributed by atoms with Crippen LogP contribution in [0, 0.1) is 0 Å². The molecule has 1 heterocycles. The number of hydrogen-bond acceptors (Lipinski definition) is 7. The molecule has 0 fully saturated rings. The Labute approximate surface area is 230 Å². The normalized spacial score (nSPS) is 11.3. The van der Waals surface area contributed by atoms with Crippen LogP contribution in [-0.2, 0) is 13.2 Å². The summed E-state index contributed by atoms with van der Waals surface area (Å²) < 4.78 is 11.6. The second kappa shape index (κ2) is 12.6. The van der Waals surface area contributed by atoms with Gasteiger partial charge >= 0.3 is 0 Å². The quantitative estimate of drug-likeness (QED) is 0.179. The van der Waals surface area contributed by atoms with Gasteiger partial charge in [0, 0.05) is 34.3 Å². The maximum atomic E-state index is 10.7. The monoisotopic (exact) mass is 534 g/mol. The Kier molecular flexibility index (Phi) is 8.31. The number of rotatable bonds is 10. The van der Waals surface area contributed by atoms with E-state index in [0.717, 1.165) is 11.1 Å². The van der Waals surface area contributed by atoms with E-state index in [2.05, 4.69) is 9.98 Å². The van der Waals surface area contributed by atoms with E-state index >= 15 is 0 Å². The van der Waals surface area contributed by atoms with Crippen molar-refractivity contribution in [1.82, 2.24) is 0 Å². The average Bonchev–Trinajstić information content (AvgIpc) is 3.43. The molecule has 1 aromatic heterocycles. The molecule has 4 aromatic carbocycles. The van der Waals surface area contributed by atoms with E-state index in [1.54, 1.807) is 36.7 Å². The Morgan fingerprint density at radius 3 is 1.44 bits per heavy atom. The van der Waals surface area contributed by atoms with Gasteiger partial charge in [-0.1, -0.05) is 72.8 Å². The maximum absolute atomic E-state index is 10.7. The van der Waals surface area contributed by atoms with Crippen LogP contribution in [0.2, 0.25) is 0 Å². The summed E-state index contributed by atoms with van der Waals surface area (Å²) >= 11 is 1.46. The SMILES string of the molecule is Oc1c(C=Nc2cscc2N=Cc2cccc(OCc3ccccc3)c2O)cccc1OCc1ccccc1. The molecule has 0 aliphatic carbocycles. The van der Waals surface area contributed by atoms with Gasteiger partial charge in [-0.25, -0.2) is 0 Å². The summed E-state index contributed by atoms with van der Waals surface area (Å²) in [5.41, 5.74) is 4.36. The molecule has 0 aliphatic heterocycles. The van der Waals surface area contributed by atoms with E-state index in [-0.39, 0.29) is 11.5 Å². The van der Waals surface area contributed by atoms with Gasteiger partial charge in [-0.3, -0.25) is 9.98 Å². The van der Waals surface area contributed by atoms with Gasteiger partial charge < -0.3 is 19.7 Å². The van der Waals surface area contributed by atoms with Gasteiger partial charge in [-0.2, -0.15) is 0 Å². The lowest BCUT2D eigenvalue weighted by atomic mass is 10.2. The molecule has 39 heavy (non-hydrogen) atoms. The van der Waals surface area contributed by atoms with Gasteiger partial charge in [0.1, 0.15) is 13.2 Å². The largest absolute Gasteiger partial charge is 0.504 e. The number of ether oxygens (including phenoxy) is 2. The molecule has 0 atom stereocenters. The molecule has 5 rings (SSSR count). The summed E-state index contributed by atoms with van der Waals surface area (Å²) in [5.74, 6) is 0.816. The first-order valence-corrected chi connectivity index (χ1v) is 13.2. The molecule has 0 spiro atoms. The van der Waals surface area contributed by atoms with Crippen molar-refractivity contribution in [2.24, 2.45) is 9.98 Å². The second-order valence-corrected chi connectivity index (χ2v) is 9.34. The van der Waals surface area contributed by atoms with Crippen molar-refractivity contribution in [2.75, 3.05) is 0 Å². The van der Waals surface area contributed by atoms with Crippen molar-refractivity contribution >= 4 is 35.1 Å². The van der Waals surface area contributed by atoms with E-state index in [9.17, 15) is 10.2 Å². The van der Waals surface area contributed by atoms with Gasteiger partial charge in [-0.05, 0) is 35.4 Å². The zero-order valence-electron chi connectivity index (χ0n) is 21.0. The second-order valence-electron chi connectivity index (χ2n) is 8.60. The van der Waals surface area contributed by atoms with Crippen LogP contribution in [0.25, 0.3) is 0 Å². The number of para-hydroxylation sites is 2. The summed E-state index contributed by atoms with van der Waals surface area (Å²) in [6, 6.07) is 30.1. The van der Waals surface area contributed by atoms with E-state index in [4.69, 9.17) is 9.47 Å². The van der Waals surface area contributed by atoms with Crippen molar-refractivity contribution in [3.05, 3.63) is 130 Å². The highest BCUT2D eigenvalue weighted by Crippen LogP contribution is 2.35. The van der Waals surface area contributed by atoms with Crippen LogP contribution in [0.1, 0.15) is 22.3 Å². The van der Waals surface area contributed by atoms with Crippen LogP contribution < -0.4 is 9.47 Å². The van der Waals surface area contributed by atoms with Gasteiger partial charge in [0.25, 0.3) is 0 Å². The standard InChI is InChI=1S/C32H26N2O4S/c35-31-25(13-7-15-29(31)37-19-23-9-3-1-4-10-23)17-33-27-21-39-22-28(27)34-18-26-14-8-16-30(32(26)36)38-20-24-11-5-2-6-12-24/h1-18,21-22,35-36H,19-20H2. The highest BCUT2D eigenvalue weighted by Gasteiger charge is 2.10. The van der Waals surface area contributed by atoms with Crippen molar-refractivity contribution in [1.29, 1.82) is 0 Å². The minimum absolute atomic E-state index is 0.0229. The van der Waals surface area contributed by atoms with Gasteiger partial charge in [-0.15, -0.1) is 11.3 Å². The first-order chi connectivity index (χ1) is 19.2. The molecular weight excluding hydrogens is 508 g/mol. The van der Waals surface area contributed by atoms with Gasteiger partial charge in [0.15, 0.2) is 23.0 Å². The lowest BCUT2D eigenvalue weighted by molar-refractivity contribution is 0.289. The van der Waals surface area contributed by atoms with E-state index < -0.39 is 0 Å². The van der Waals surface area contributed by atoms with Crippen LogP contribution in [0.15, 0.2) is 118 Å². The number of nitrogens with zero attached hydrogens (tertiary/aromatic N) is 2. The van der Waals surface area contributed by atoms with Crippen LogP contribution >= 0.6 is 11.3 Å². The third-order valence-corrected chi connectivity index (χ3v) is 6.56. The van der Waals surface area contributed by atoms with Gasteiger partial charge in [0.2, 0.25) is 0 Å². The Morgan fingerprint density at radius 1 is 0.564 bits per heavy atom. The van der Waals surface area contributed by atoms with E-state index in [0.29, 0.717) is 47.2 Å². The number of benzene rings is 4. The predicted octanol–water partition coefficient (Wildman–Crippen LogP) is 7.82. The molecular formula is C32H26N2O4S. The van der Waals surface area contributed by atoms with E-state index in [1.165, 1.54) is 11.3 Å². The van der Waals surface area contributed by atoms with Crippen LogP contribution in [0.4, 0.5) is 11.4 Å². The first-order valence-electron chi connectivity index (χ1n) is 12.3. The molecule has 0 saturated heterocycles. The van der Waals surface area contributed by atoms with Crippen LogP contribution in [0.3, 0.4) is 0 Å². The third-order valence-electron chi connectivity index (χ3n) is 5.84. The highest BCUT2D eigenvalue weighted by molar-refractivity contribution is 7.08. The Balaban J connectivity index is 1.27. The van der Waals surface area contributed by atoms with Crippen molar-refractivity contribution in [2.45, 2.75) is 13.2 Å². The van der Waals surface area contributed by atoms with Crippen molar-refractivity contribution < 1.29 is 19.7 Å². The third kappa shape index (κ3) is 6.71. The summed E-state index contributed by atoms with van der Waals surface area (Å²) in [6.45, 7) is 0.702. The molecule has 0 bridgehead atoms. The summed E-state index contributed by atoms with van der Waals surface area (Å²) in [7, 11) is 0. The van der Waals surface area contributed by atoms with Gasteiger partial charge in [0.05, 0.1) is 11.4 Å². The number of phenolic OH excluding ortho intramolecular Hbond substituents is 2. The fraction of sp³-hybridized carbons (Fsp3) is 0.0625. The summed E-state index contributed by atoms with van der Waals surface area (Å²) in [5, 5.41) is 25.2. The molecule has 7 heteroatoms. The first kappa shape index (κ1) is 25.8. The van der Waals surface area contributed by atoms with E-state index in [1.807, 2.05) is 83.6 Å². The molecule has 0 radical (unpaired) electrons. The Morgan fingerprint density at radius 2 is 1.00 bits per heavy atom. The summed E-state index contributed by atoms with van der Waals surface area (Å²) in [4.78, 5) is 9.08. The zero-order valence-corrected chi connectivity index (χ0v) is 21.8. The average molecular weight is 535 g/mol. The molecule has 5 aromatic rings. The maximum Gasteiger partial charge on any atom is 0.166 e. The number of hydrogen-bond donors (Lipinski definition) is 2. The van der Waals surface area contributed by atoms with Crippen molar-refractivity contribution in [3.63, 3.8) is 0 Å². The fourth-order valence-corrected chi connectivity index (χ4v) is 4.43. The number of aromatic hydroxyl groups is 2. The molecule has 0 saturated carbocycles. The Hall–Kier alpha value is -4.88. The molecule has 0 amide bonds. The van der Waals surface area contributed by atoms with Crippen LogP contribution in [-0.4, -0.2) is 22.6 Å². The smallest absolute Gasteiger partial charge is 0.166 e. The summed E-state index contributed by atoms with van der Waals surface area (Å²) in [6.07, 6.45) is 3.17. The topological polar surface area (TPSA) is 83.6 Å². The zero-order chi connectivity index (χ0) is 26.9. The molecule has 6 nitrogen and oxygen atoms in total. The minimum atomic E-state index is 0.0229. The number of thiophene rings is 1. The number of phenols is 2. The lowest BCUT2D eigenvalue weighted by Crippen LogP contribution is -1.96.